The molecule has 4 atom stereocenters. The van der Waals surface area contributed by atoms with E-state index in [4.69, 9.17) is 4.74 Å². The van der Waals surface area contributed by atoms with Gasteiger partial charge in [0.2, 0.25) is 0 Å². The van der Waals surface area contributed by atoms with Crippen molar-refractivity contribution in [3.63, 3.8) is 0 Å². The lowest BCUT2D eigenvalue weighted by Gasteiger charge is -2.40. The molecule has 2 fully saturated rings. The number of hydrogen-bond acceptors (Lipinski definition) is 3. The molecule has 1 aliphatic carbocycles. The van der Waals surface area contributed by atoms with Crippen molar-refractivity contribution in [3.8, 4) is 0 Å². The predicted octanol–water partition coefficient (Wildman–Crippen LogP) is 1.92. The van der Waals surface area contributed by atoms with Crippen molar-refractivity contribution in [3.05, 3.63) is 0 Å². The fourth-order valence-electron chi connectivity index (χ4n) is 3.28. The molecule has 100 valence electrons. The Morgan fingerprint density at radius 1 is 1.24 bits per heavy atom. The molecule has 17 heavy (non-hydrogen) atoms. The van der Waals surface area contributed by atoms with E-state index < -0.39 is 0 Å². The molecule has 0 aromatic carbocycles. The summed E-state index contributed by atoms with van der Waals surface area (Å²) < 4.78 is 5.24. The number of nitrogens with one attached hydrogen (secondary N) is 2. The topological polar surface area (TPSA) is 33.3 Å². The SMILES string of the molecule is COC(C)CNCC1CCC2CCCCC2N1. The molecule has 1 heterocycles. The van der Waals surface area contributed by atoms with Crippen molar-refractivity contribution in [1.29, 1.82) is 0 Å². The smallest absolute Gasteiger partial charge is 0.0667 e. The molecule has 0 aromatic heterocycles. The highest BCUT2D eigenvalue weighted by Crippen LogP contribution is 2.31. The van der Waals surface area contributed by atoms with Gasteiger partial charge in [-0.1, -0.05) is 12.8 Å². The highest BCUT2D eigenvalue weighted by Gasteiger charge is 2.31. The maximum atomic E-state index is 5.24. The van der Waals surface area contributed by atoms with E-state index in [1.807, 2.05) is 0 Å². The molecule has 0 radical (unpaired) electrons. The molecule has 0 amide bonds. The lowest BCUT2D eigenvalue weighted by Crippen LogP contribution is -2.52. The Morgan fingerprint density at radius 3 is 2.88 bits per heavy atom. The first-order valence-corrected chi connectivity index (χ1v) is 7.29. The molecule has 3 nitrogen and oxygen atoms in total. The van der Waals surface area contributed by atoms with Gasteiger partial charge in [-0.05, 0) is 38.5 Å². The quantitative estimate of drug-likeness (QED) is 0.770. The van der Waals surface area contributed by atoms with E-state index in [-0.39, 0.29) is 0 Å². The van der Waals surface area contributed by atoms with Crippen LogP contribution in [0.25, 0.3) is 0 Å². The summed E-state index contributed by atoms with van der Waals surface area (Å²) >= 11 is 0. The summed E-state index contributed by atoms with van der Waals surface area (Å²) in [4.78, 5) is 0. The second-order valence-corrected chi connectivity index (χ2v) is 5.80. The lowest BCUT2D eigenvalue weighted by molar-refractivity contribution is 0.114. The Hall–Kier alpha value is -0.120. The highest BCUT2D eigenvalue weighted by molar-refractivity contribution is 4.89. The fourth-order valence-corrected chi connectivity index (χ4v) is 3.28. The van der Waals surface area contributed by atoms with Crippen LogP contribution in [0.2, 0.25) is 0 Å². The van der Waals surface area contributed by atoms with Gasteiger partial charge >= 0.3 is 0 Å². The summed E-state index contributed by atoms with van der Waals surface area (Å²) in [6.45, 7) is 4.16. The first-order valence-electron chi connectivity index (χ1n) is 7.29. The van der Waals surface area contributed by atoms with E-state index in [9.17, 15) is 0 Å². The largest absolute Gasteiger partial charge is 0.380 e. The third-order valence-corrected chi connectivity index (χ3v) is 4.47. The predicted molar refractivity (Wildman–Crippen MR) is 71.2 cm³/mol. The van der Waals surface area contributed by atoms with Crippen LogP contribution in [0.1, 0.15) is 45.4 Å². The number of rotatable bonds is 5. The molecular weight excluding hydrogens is 212 g/mol. The summed E-state index contributed by atoms with van der Waals surface area (Å²) in [6, 6.07) is 1.49. The summed E-state index contributed by atoms with van der Waals surface area (Å²) in [5.74, 6) is 0.970. The maximum Gasteiger partial charge on any atom is 0.0667 e. The van der Waals surface area contributed by atoms with Gasteiger partial charge < -0.3 is 15.4 Å². The Kier molecular flexibility index (Phi) is 5.26. The second-order valence-electron chi connectivity index (χ2n) is 5.80. The van der Waals surface area contributed by atoms with E-state index in [0.717, 1.165) is 25.0 Å². The van der Waals surface area contributed by atoms with E-state index in [1.165, 1.54) is 38.5 Å². The summed E-state index contributed by atoms with van der Waals surface area (Å²) in [6.07, 6.45) is 8.83. The fraction of sp³-hybridized carbons (Fsp3) is 1.00. The summed E-state index contributed by atoms with van der Waals surface area (Å²) in [7, 11) is 1.78. The van der Waals surface area contributed by atoms with Crippen LogP contribution in [0.3, 0.4) is 0 Å². The lowest BCUT2D eigenvalue weighted by atomic mass is 9.78. The van der Waals surface area contributed by atoms with Crippen molar-refractivity contribution in [2.45, 2.75) is 63.6 Å². The molecule has 3 heteroatoms. The Balaban J connectivity index is 1.65. The van der Waals surface area contributed by atoms with Crippen LogP contribution in [0, 0.1) is 5.92 Å². The first kappa shape index (κ1) is 13.3. The number of hydrogen-bond donors (Lipinski definition) is 2. The Labute approximate surface area is 106 Å². The zero-order valence-corrected chi connectivity index (χ0v) is 11.4. The Morgan fingerprint density at radius 2 is 2.06 bits per heavy atom. The van der Waals surface area contributed by atoms with Crippen molar-refractivity contribution in [2.75, 3.05) is 20.2 Å². The highest BCUT2D eigenvalue weighted by atomic mass is 16.5. The molecule has 0 aromatic rings. The molecule has 1 aliphatic heterocycles. The molecule has 4 unspecified atom stereocenters. The van der Waals surface area contributed by atoms with Gasteiger partial charge in [0.1, 0.15) is 0 Å². The maximum absolute atomic E-state index is 5.24. The van der Waals surface area contributed by atoms with Gasteiger partial charge in [-0.15, -0.1) is 0 Å². The van der Waals surface area contributed by atoms with Crippen LogP contribution in [-0.2, 0) is 4.74 Å². The van der Waals surface area contributed by atoms with Gasteiger partial charge in [0.05, 0.1) is 6.10 Å². The van der Waals surface area contributed by atoms with Gasteiger partial charge in [-0.3, -0.25) is 0 Å². The molecule has 1 saturated heterocycles. The second kappa shape index (κ2) is 6.72. The normalized spacial score (nSPS) is 35.3. The Bertz CT molecular complexity index is 222. The van der Waals surface area contributed by atoms with Crippen molar-refractivity contribution < 1.29 is 4.74 Å². The minimum Gasteiger partial charge on any atom is -0.380 e. The van der Waals surface area contributed by atoms with Crippen LogP contribution in [0.15, 0.2) is 0 Å². The molecule has 2 aliphatic rings. The molecule has 2 N–H and O–H groups in total. The van der Waals surface area contributed by atoms with Crippen LogP contribution in [0.5, 0.6) is 0 Å². The van der Waals surface area contributed by atoms with Gasteiger partial charge in [-0.2, -0.15) is 0 Å². The average Bonchev–Trinajstić information content (AvgIpc) is 2.38. The third-order valence-electron chi connectivity index (χ3n) is 4.47. The first-order chi connectivity index (χ1) is 8.29. The monoisotopic (exact) mass is 240 g/mol. The van der Waals surface area contributed by atoms with Crippen LogP contribution in [0.4, 0.5) is 0 Å². The zero-order valence-electron chi connectivity index (χ0n) is 11.4. The molecule has 2 rings (SSSR count). The number of fused-ring (bicyclic) bond motifs is 1. The van der Waals surface area contributed by atoms with Crippen molar-refractivity contribution >= 4 is 0 Å². The summed E-state index contributed by atoms with van der Waals surface area (Å²) in [5.41, 5.74) is 0. The van der Waals surface area contributed by atoms with Crippen LogP contribution < -0.4 is 10.6 Å². The van der Waals surface area contributed by atoms with Crippen LogP contribution in [-0.4, -0.2) is 38.4 Å². The van der Waals surface area contributed by atoms with Gasteiger partial charge in [-0.25, -0.2) is 0 Å². The van der Waals surface area contributed by atoms with Crippen LogP contribution >= 0.6 is 0 Å². The standard InChI is InChI=1S/C14H28N2O/c1-11(17-2)9-15-10-13-8-7-12-5-3-4-6-14(12)16-13/h11-16H,3-10H2,1-2H3. The average molecular weight is 240 g/mol. The van der Waals surface area contributed by atoms with Gasteiger partial charge in [0.25, 0.3) is 0 Å². The van der Waals surface area contributed by atoms with Crippen molar-refractivity contribution in [1.82, 2.24) is 10.6 Å². The van der Waals surface area contributed by atoms with E-state index >= 15 is 0 Å². The minimum absolute atomic E-state index is 0.320. The number of ether oxygens (including phenoxy) is 1. The van der Waals surface area contributed by atoms with E-state index in [2.05, 4.69) is 17.6 Å². The van der Waals surface area contributed by atoms with E-state index in [0.29, 0.717) is 12.1 Å². The van der Waals surface area contributed by atoms with Gasteiger partial charge in [0.15, 0.2) is 0 Å². The molecule has 0 bridgehead atoms. The molecule has 0 spiro atoms. The third kappa shape index (κ3) is 3.94. The van der Waals surface area contributed by atoms with Crippen molar-refractivity contribution in [2.24, 2.45) is 5.92 Å². The molecule has 1 saturated carbocycles. The minimum atomic E-state index is 0.320. The molecular formula is C14H28N2O. The van der Waals surface area contributed by atoms with E-state index in [1.54, 1.807) is 7.11 Å². The number of piperidine rings is 1. The zero-order chi connectivity index (χ0) is 12.1. The summed E-state index contributed by atoms with van der Waals surface area (Å²) in [5, 5.41) is 7.36. The van der Waals surface area contributed by atoms with Gasteiger partial charge in [0, 0.05) is 32.3 Å². The number of methoxy groups -OCH3 is 1.